The quantitative estimate of drug-likeness (QED) is 0.812. The van der Waals surface area contributed by atoms with Gasteiger partial charge in [-0.15, -0.1) is 37.2 Å². The van der Waals surface area contributed by atoms with Crippen molar-refractivity contribution in [1.82, 2.24) is 15.1 Å². The van der Waals surface area contributed by atoms with Crippen LogP contribution in [0, 0.1) is 11.6 Å². The number of halogens is 5. The average molecular weight is 420 g/mol. The van der Waals surface area contributed by atoms with E-state index < -0.39 is 11.6 Å². The first-order valence-corrected chi connectivity index (χ1v) is 7.98. The molecule has 0 radical (unpaired) electrons. The van der Waals surface area contributed by atoms with Crippen LogP contribution in [0.15, 0.2) is 12.1 Å². The summed E-state index contributed by atoms with van der Waals surface area (Å²) < 4.78 is 28.8. The van der Waals surface area contributed by atoms with Gasteiger partial charge < -0.3 is 15.1 Å². The zero-order valence-electron chi connectivity index (χ0n) is 14.3. The molecule has 2 saturated heterocycles. The van der Waals surface area contributed by atoms with Crippen LogP contribution in [0.25, 0.3) is 0 Å². The maximum atomic E-state index is 14.4. The number of anilines is 1. The Hall–Kier alpha value is -0.370. The van der Waals surface area contributed by atoms with Gasteiger partial charge >= 0.3 is 0 Å². The topological polar surface area (TPSA) is 21.8 Å². The minimum absolute atomic E-state index is 0. The van der Waals surface area contributed by atoms with E-state index >= 15 is 0 Å². The molecular formula is C16H27Cl3F2N4. The highest BCUT2D eigenvalue weighted by Gasteiger charge is 2.21. The van der Waals surface area contributed by atoms with E-state index in [-0.39, 0.29) is 42.9 Å². The second-order valence-corrected chi connectivity index (χ2v) is 6.22. The van der Waals surface area contributed by atoms with Gasteiger partial charge in [-0.2, -0.15) is 0 Å². The van der Waals surface area contributed by atoms with Gasteiger partial charge in [0, 0.05) is 58.9 Å². The molecule has 0 saturated carbocycles. The van der Waals surface area contributed by atoms with Gasteiger partial charge in [0.1, 0.15) is 17.3 Å². The summed E-state index contributed by atoms with van der Waals surface area (Å²) in [4.78, 5) is 6.31. The van der Waals surface area contributed by atoms with E-state index in [1.165, 1.54) is 12.1 Å². The first kappa shape index (κ1) is 24.6. The largest absolute Gasteiger partial charge is 0.364 e. The lowest BCUT2D eigenvalue weighted by Crippen LogP contribution is -2.44. The highest BCUT2D eigenvalue weighted by Crippen LogP contribution is 2.26. The van der Waals surface area contributed by atoms with E-state index in [2.05, 4.69) is 22.2 Å². The number of hydrogen-bond donors (Lipinski definition) is 1. The number of piperazine rings is 2. The van der Waals surface area contributed by atoms with Crippen LogP contribution in [0.1, 0.15) is 5.56 Å². The standard InChI is InChI=1S/C16H24F2N4.3ClH/c1-20-6-8-21(9-7-20)12-13-10-14(17)16(15(18)11-13)22-4-2-19-3-5-22;;;/h10-11,19H,2-9,12H2,1H3;3*1H. The Morgan fingerprint density at radius 2 is 1.40 bits per heavy atom. The lowest BCUT2D eigenvalue weighted by atomic mass is 10.1. The van der Waals surface area contributed by atoms with Gasteiger partial charge in [0.25, 0.3) is 0 Å². The fourth-order valence-corrected chi connectivity index (χ4v) is 3.16. The minimum atomic E-state index is -0.439. The van der Waals surface area contributed by atoms with Gasteiger partial charge in [-0.05, 0) is 24.7 Å². The summed E-state index contributed by atoms with van der Waals surface area (Å²) in [6.07, 6.45) is 0. The van der Waals surface area contributed by atoms with Crippen molar-refractivity contribution in [3.63, 3.8) is 0 Å². The fraction of sp³-hybridized carbons (Fsp3) is 0.625. The average Bonchev–Trinajstić information content (AvgIpc) is 2.50. The molecule has 0 aromatic heterocycles. The Bertz CT molecular complexity index is 499. The number of hydrogen-bond acceptors (Lipinski definition) is 4. The second-order valence-electron chi connectivity index (χ2n) is 6.22. The van der Waals surface area contributed by atoms with E-state index in [0.29, 0.717) is 19.6 Å². The smallest absolute Gasteiger partial charge is 0.149 e. The summed E-state index contributed by atoms with van der Waals surface area (Å²) in [6, 6.07) is 3.00. The molecule has 0 bridgehead atoms. The van der Waals surface area contributed by atoms with E-state index in [1.807, 2.05) is 0 Å². The van der Waals surface area contributed by atoms with Gasteiger partial charge in [0.2, 0.25) is 0 Å². The molecule has 0 aliphatic carbocycles. The first-order valence-electron chi connectivity index (χ1n) is 7.98. The molecule has 1 N–H and O–H groups in total. The molecule has 9 heteroatoms. The number of nitrogens with one attached hydrogen (secondary N) is 1. The Morgan fingerprint density at radius 3 is 1.92 bits per heavy atom. The summed E-state index contributed by atoms with van der Waals surface area (Å²) in [6.45, 7) is 7.33. The molecule has 146 valence electrons. The molecule has 25 heavy (non-hydrogen) atoms. The highest BCUT2D eigenvalue weighted by atomic mass is 35.5. The molecule has 3 rings (SSSR count). The second kappa shape index (κ2) is 11.4. The molecule has 1 aromatic rings. The number of benzene rings is 1. The summed E-state index contributed by atoms with van der Waals surface area (Å²) >= 11 is 0. The maximum Gasteiger partial charge on any atom is 0.149 e. The normalized spacial score (nSPS) is 18.8. The highest BCUT2D eigenvalue weighted by molar-refractivity contribution is 5.86. The number of rotatable bonds is 3. The number of likely N-dealkylation sites (N-methyl/N-ethyl adjacent to an activating group) is 1. The van der Waals surface area contributed by atoms with Crippen molar-refractivity contribution in [1.29, 1.82) is 0 Å². The van der Waals surface area contributed by atoms with Crippen LogP contribution >= 0.6 is 37.2 Å². The molecule has 0 atom stereocenters. The molecular weight excluding hydrogens is 393 g/mol. The molecule has 0 amide bonds. The van der Waals surface area contributed by atoms with Gasteiger partial charge in [-0.1, -0.05) is 0 Å². The summed E-state index contributed by atoms with van der Waals surface area (Å²) in [5.41, 5.74) is 0.849. The fourth-order valence-electron chi connectivity index (χ4n) is 3.16. The van der Waals surface area contributed by atoms with Crippen molar-refractivity contribution in [3.05, 3.63) is 29.3 Å². The van der Waals surface area contributed by atoms with Crippen molar-refractivity contribution < 1.29 is 8.78 Å². The van der Waals surface area contributed by atoms with Crippen LogP contribution in [0.3, 0.4) is 0 Å². The van der Waals surface area contributed by atoms with Crippen molar-refractivity contribution in [2.45, 2.75) is 6.54 Å². The van der Waals surface area contributed by atoms with E-state index in [9.17, 15) is 8.78 Å². The zero-order valence-corrected chi connectivity index (χ0v) is 16.8. The molecule has 0 spiro atoms. The van der Waals surface area contributed by atoms with Crippen molar-refractivity contribution in [2.75, 3.05) is 64.3 Å². The first-order chi connectivity index (χ1) is 10.6. The molecule has 2 aliphatic heterocycles. The minimum Gasteiger partial charge on any atom is -0.364 e. The van der Waals surface area contributed by atoms with Crippen LogP contribution < -0.4 is 10.2 Å². The van der Waals surface area contributed by atoms with Crippen molar-refractivity contribution in [2.24, 2.45) is 0 Å². The lowest BCUT2D eigenvalue weighted by molar-refractivity contribution is 0.148. The van der Waals surface area contributed by atoms with E-state index in [0.717, 1.165) is 44.8 Å². The van der Waals surface area contributed by atoms with Gasteiger partial charge in [-0.25, -0.2) is 8.78 Å². The molecule has 2 aliphatic rings. The zero-order chi connectivity index (χ0) is 15.5. The third kappa shape index (κ3) is 6.38. The monoisotopic (exact) mass is 418 g/mol. The van der Waals surface area contributed by atoms with Crippen LogP contribution in [-0.4, -0.2) is 69.2 Å². The predicted molar refractivity (Wildman–Crippen MR) is 106 cm³/mol. The third-order valence-corrected chi connectivity index (χ3v) is 4.51. The Kier molecular flexibility index (Phi) is 11.2. The maximum absolute atomic E-state index is 14.4. The summed E-state index contributed by atoms with van der Waals surface area (Å²) in [5, 5.41) is 3.20. The molecule has 4 nitrogen and oxygen atoms in total. The van der Waals surface area contributed by atoms with Crippen LogP contribution in [-0.2, 0) is 6.54 Å². The summed E-state index contributed by atoms with van der Waals surface area (Å²) in [5.74, 6) is -0.878. The van der Waals surface area contributed by atoms with Gasteiger partial charge in [0.05, 0.1) is 0 Å². The third-order valence-electron chi connectivity index (χ3n) is 4.51. The van der Waals surface area contributed by atoms with Crippen molar-refractivity contribution in [3.8, 4) is 0 Å². The van der Waals surface area contributed by atoms with E-state index in [1.54, 1.807) is 4.90 Å². The molecule has 2 fully saturated rings. The number of nitrogens with zero attached hydrogens (tertiary/aromatic N) is 3. The Balaban J connectivity index is 0.00000192. The molecule has 0 unspecified atom stereocenters. The predicted octanol–water partition coefficient (Wildman–Crippen LogP) is 2.39. The van der Waals surface area contributed by atoms with Gasteiger partial charge in [-0.3, -0.25) is 4.90 Å². The van der Waals surface area contributed by atoms with Gasteiger partial charge in [0.15, 0.2) is 0 Å². The Labute approximate surface area is 167 Å². The lowest BCUT2D eigenvalue weighted by Gasteiger charge is -2.33. The SMILES string of the molecule is CN1CCN(Cc2cc(F)c(N3CCNCC3)c(F)c2)CC1.Cl.Cl.Cl. The molecule has 1 aromatic carbocycles. The van der Waals surface area contributed by atoms with Crippen LogP contribution in [0.2, 0.25) is 0 Å². The summed E-state index contributed by atoms with van der Waals surface area (Å²) in [7, 11) is 2.10. The van der Waals surface area contributed by atoms with E-state index in [4.69, 9.17) is 0 Å². The Morgan fingerprint density at radius 1 is 0.880 bits per heavy atom. The van der Waals surface area contributed by atoms with Crippen molar-refractivity contribution >= 4 is 42.9 Å². The molecule has 2 heterocycles. The van der Waals surface area contributed by atoms with Crippen LogP contribution in [0.5, 0.6) is 0 Å². The van der Waals surface area contributed by atoms with Crippen LogP contribution in [0.4, 0.5) is 14.5 Å².